The summed E-state index contributed by atoms with van der Waals surface area (Å²) in [6.07, 6.45) is 0. The Morgan fingerprint density at radius 1 is 1.24 bits per heavy atom. The third-order valence-electron chi connectivity index (χ3n) is 3.71. The van der Waals surface area contributed by atoms with Crippen molar-refractivity contribution in [2.75, 3.05) is 33.7 Å². The first-order valence-corrected chi connectivity index (χ1v) is 8.79. The lowest BCUT2D eigenvalue weighted by molar-refractivity contribution is 0.0717. The molecule has 0 saturated carbocycles. The van der Waals surface area contributed by atoms with Gasteiger partial charge in [-0.1, -0.05) is 31.5 Å². The molecule has 7 heteroatoms. The summed E-state index contributed by atoms with van der Waals surface area (Å²) in [4.78, 5) is 18.4. The van der Waals surface area contributed by atoms with Crippen molar-refractivity contribution in [2.45, 2.75) is 20.8 Å². The second-order valence-electron chi connectivity index (χ2n) is 6.85. The first-order chi connectivity index (χ1) is 11.8. The van der Waals surface area contributed by atoms with Gasteiger partial charge in [0.2, 0.25) is 0 Å². The van der Waals surface area contributed by atoms with Crippen LogP contribution in [0.15, 0.2) is 24.3 Å². The normalized spacial score (nSPS) is 11.4. The Labute approximate surface area is 154 Å². The zero-order valence-corrected chi connectivity index (χ0v) is 16.3. The summed E-state index contributed by atoms with van der Waals surface area (Å²) in [6, 6.07) is 7.25. The minimum absolute atomic E-state index is 0.0821. The van der Waals surface area contributed by atoms with Crippen molar-refractivity contribution in [3.8, 4) is 5.69 Å². The van der Waals surface area contributed by atoms with Gasteiger partial charge in [0.15, 0.2) is 5.69 Å². The monoisotopic (exact) mass is 363 g/mol. The molecule has 0 fully saturated rings. The summed E-state index contributed by atoms with van der Waals surface area (Å²) >= 11 is 6.03. The minimum atomic E-state index is -0.0821. The molecule has 136 valence electrons. The van der Waals surface area contributed by atoms with Crippen molar-refractivity contribution in [1.29, 1.82) is 0 Å². The highest BCUT2D eigenvalue weighted by Crippen LogP contribution is 2.15. The molecular formula is C18H26ClN5O. The molecule has 0 aliphatic carbocycles. The van der Waals surface area contributed by atoms with E-state index in [4.69, 9.17) is 11.6 Å². The number of nitrogens with zero attached hydrogens (tertiary/aromatic N) is 5. The third kappa shape index (κ3) is 5.28. The molecule has 0 radical (unpaired) electrons. The Balaban J connectivity index is 2.27. The molecule has 0 aliphatic rings. The van der Waals surface area contributed by atoms with E-state index < -0.39 is 0 Å². The van der Waals surface area contributed by atoms with E-state index in [-0.39, 0.29) is 5.91 Å². The average Bonchev–Trinajstić information content (AvgIpc) is 2.92. The maximum atomic E-state index is 13.0. The minimum Gasteiger partial charge on any atom is -0.336 e. The topological polar surface area (TPSA) is 54.3 Å². The molecule has 2 aromatic rings. The largest absolute Gasteiger partial charge is 0.336 e. The van der Waals surface area contributed by atoms with Crippen molar-refractivity contribution in [3.05, 3.63) is 40.7 Å². The summed E-state index contributed by atoms with van der Waals surface area (Å²) in [5.74, 6) is 0.302. The standard InChI is InChI=1S/C18H26ClN5O/c1-13(2)12-23(10-9-22(4)5)18(25)17-14(3)20-24(21-17)16-8-6-7-15(19)11-16/h6-8,11,13H,9-10,12H2,1-5H3. The Bertz CT molecular complexity index is 726. The average molecular weight is 364 g/mol. The van der Waals surface area contributed by atoms with Crippen molar-refractivity contribution < 1.29 is 4.79 Å². The molecule has 0 N–H and O–H groups in total. The van der Waals surface area contributed by atoms with Crippen LogP contribution in [-0.4, -0.2) is 64.4 Å². The second kappa shape index (κ2) is 8.45. The number of likely N-dealkylation sites (N-methyl/N-ethyl adjacent to an activating group) is 1. The molecule has 2 rings (SSSR count). The van der Waals surface area contributed by atoms with Gasteiger partial charge in [-0.05, 0) is 45.1 Å². The van der Waals surface area contributed by atoms with Crippen LogP contribution in [0.4, 0.5) is 0 Å². The second-order valence-corrected chi connectivity index (χ2v) is 7.29. The Morgan fingerprint density at radius 2 is 1.96 bits per heavy atom. The maximum Gasteiger partial charge on any atom is 0.276 e. The first kappa shape index (κ1) is 19.4. The van der Waals surface area contributed by atoms with E-state index in [2.05, 4.69) is 28.9 Å². The van der Waals surface area contributed by atoms with Crippen molar-refractivity contribution in [3.63, 3.8) is 0 Å². The number of rotatable bonds is 7. The van der Waals surface area contributed by atoms with Crippen LogP contribution in [0, 0.1) is 12.8 Å². The number of aromatic nitrogens is 3. The lowest BCUT2D eigenvalue weighted by Gasteiger charge is -2.25. The van der Waals surface area contributed by atoms with E-state index in [0.717, 1.165) is 12.2 Å². The van der Waals surface area contributed by atoms with Crippen LogP contribution in [0.1, 0.15) is 30.0 Å². The fourth-order valence-electron chi connectivity index (χ4n) is 2.48. The van der Waals surface area contributed by atoms with Gasteiger partial charge in [-0.2, -0.15) is 9.90 Å². The van der Waals surface area contributed by atoms with Crippen molar-refractivity contribution >= 4 is 17.5 Å². The van der Waals surface area contributed by atoms with Gasteiger partial charge in [-0.3, -0.25) is 4.79 Å². The molecular weight excluding hydrogens is 338 g/mol. The van der Waals surface area contributed by atoms with Gasteiger partial charge in [0, 0.05) is 24.7 Å². The molecule has 1 heterocycles. The molecule has 0 unspecified atom stereocenters. The first-order valence-electron chi connectivity index (χ1n) is 8.41. The van der Waals surface area contributed by atoms with Crippen LogP contribution in [0.5, 0.6) is 0 Å². The summed E-state index contributed by atoms with van der Waals surface area (Å²) in [5.41, 5.74) is 1.74. The van der Waals surface area contributed by atoms with Crippen LogP contribution >= 0.6 is 11.6 Å². The van der Waals surface area contributed by atoms with E-state index in [0.29, 0.717) is 35.4 Å². The lowest BCUT2D eigenvalue weighted by atomic mass is 10.2. The molecule has 1 amide bonds. The zero-order valence-electron chi connectivity index (χ0n) is 15.5. The number of halogens is 1. The van der Waals surface area contributed by atoms with Crippen LogP contribution < -0.4 is 0 Å². The summed E-state index contributed by atoms with van der Waals surface area (Å²) in [7, 11) is 4.00. The molecule has 0 saturated heterocycles. The quantitative estimate of drug-likeness (QED) is 0.759. The highest BCUT2D eigenvalue weighted by Gasteiger charge is 2.23. The maximum absolute atomic E-state index is 13.0. The highest BCUT2D eigenvalue weighted by molar-refractivity contribution is 6.30. The number of carbonyl (C=O) groups excluding carboxylic acids is 1. The van der Waals surface area contributed by atoms with Crippen LogP contribution in [0.25, 0.3) is 5.69 Å². The zero-order chi connectivity index (χ0) is 18.6. The van der Waals surface area contributed by atoms with Crippen molar-refractivity contribution in [2.24, 2.45) is 5.92 Å². The summed E-state index contributed by atoms with van der Waals surface area (Å²) < 4.78 is 0. The van der Waals surface area contributed by atoms with Crippen LogP contribution in [-0.2, 0) is 0 Å². The van der Waals surface area contributed by atoms with E-state index in [9.17, 15) is 4.79 Å². The van der Waals surface area contributed by atoms with Gasteiger partial charge in [-0.25, -0.2) is 0 Å². The Morgan fingerprint density at radius 3 is 2.56 bits per heavy atom. The van der Waals surface area contributed by atoms with E-state index in [1.54, 1.807) is 19.1 Å². The molecule has 0 aliphatic heterocycles. The van der Waals surface area contributed by atoms with Gasteiger partial charge < -0.3 is 9.80 Å². The molecule has 0 atom stereocenters. The fraction of sp³-hybridized carbons (Fsp3) is 0.500. The molecule has 6 nitrogen and oxygen atoms in total. The molecule has 25 heavy (non-hydrogen) atoms. The van der Waals surface area contributed by atoms with Gasteiger partial charge >= 0.3 is 0 Å². The van der Waals surface area contributed by atoms with E-state index in [1.807, 2.05) is 31.1 Å². The van der Waals surface area contributed by atoms with E-state index in [1.165, 1.54) is 4.80 Å². The summed E-state index contributed by atoms with van der Waals surface area (Å²) in [5, 5.41) is 9.41. The number of hydrogen-bond donors (Lipinski definition) is 0. The number of hydrogen-bond acceptors (Lipinski definition) is 4. The fourth-order valence-corrected chi connectivity index (χ4v) is 2.66. The van der Waals surface area contributed by atoms with E-state index >= 15 is 0 Å². The SMILES string of the molecule is Cc1nn(-c2cccc(Cl)c2)nc1C(=O)N(CCN(C)C)CC(C)C. The number of aryl methyl sites for hydroxylation is 1. The van der Waals surface area contributed by atoms with Crippen molar-refractivity contribution in [1.82, 2.24) is 24.8 Å². The summed E-state index contributed by atoms with van der Waals surface area (Å²) in [6.45, 7) is 8.17. The third-order valence-corrected chi connectivity index (χ3v) is 3.95. The predicted octanol–water partition coefficient (Wildman–Crippen LogP) is 2.89. The highest BCUT2D eigenvalue weighted by atomic mass is 35.5. The van der Waals surface area contributed by atoms with Crippen LogP contribution in [0.2, 0.25) is 5.02 Å². The smallest absolute Gasteiger partial charge is 0.276 e. The Kier molecular flexibility index (Phi) is 6.56. The molecule has 1 aromatic carbocycles. The Hall–Kier alpha value is -1.92. The van der Waals surface area contributed by atoms with Crippen LogP contribution in [0.3, 0.4) is 0 Å². The predicted molar refractivity (Wildman–Crippen MR) is 100 cm³/mol. The number of amides is 1. The molecule has 0 bridgehead atoms. The molecule has 0 spiro atoms. The lowest BCUT2D eigenvalue weighted by Crippen LogP contribution is -2.39. The number of benzene rings is 1. The van der Waals surface area contributed by atoms with Gasteiger partial charge in [0.25, 0.3) is 5.91 Å². The van der Waals surface area contributed by atoms with Gasteiger partial charge in [0.05, 0.1) is 11.4 Å². The van der Waals surface area contributed by atoms with Gasteiger partial charge in [-0.15, -0.1) is 5.10 Å². The number of carbonyl (C=O) groups is 1. The molecule has 1 aromatic heterocycles. The van der Waals surface area contributed by atoms with Gasteiger partial charge in [0.1, 0.15) is 0 Å².